The van der Waals surface area contributed by atoms with E-state index >= 15 is 0 Å². The van der Waals surface area contributed by atoms with Crippen LogP contribution in [0.5, 0.6) is 0 Å². The highest BCUT2D eigenvalue weighted by Crippen LogP contribution is 2.29. The lowest BCUT2D eigenvalue weighted by Gasteiger charge is -2.16. The van der Waals surface area contributed by atoms with Crippen LogP contribution in [-0.4, -0.2) is 27.3 Å². The fourth-order valence-electron chi connectivity index (χ4n) is 3.52. The summed E-state index contributed by atoms with van der Waals surface area (Å²) in [6.07, 6.45) is 9.76. The molecule has 0 bridgehead atoms. The summed E-state index contributed by atoms with van der Waals surface area (Å²) in [5.41, 5.74) is 2.38. The van der Waals surface area contributed by atoms with Crippen molar-refractivity contribution in [2.45, 2.75) is 69.8 Å². The third kappa shape index (κ3) is 5.01. The van der Waals surface area contributed by atoms with Crippen LogP contribution in [0.1, 0.15) is 49.5 Å². The number of rotatable bonds is 8. The van der Waals surface area contributed by atoms with Crippen LogP contribution in [0.4, 0.5) is 0 Å². The zero-order valence-electron chi connectivity index (χ0n) is 17.4. The van der Waals surface area contributed by atoms with Crippen molar-refractivity contribution < 1.29 is 4.79 Å². The van der Waals surface area contributed by atoms with Gasteiger partial charge in [0.25, 0.3) is 5.56 Å². The number of aromatic nitrogens is 2. The van der Waals surface area contributed by atoms with Crippen LogP contribution in [0.3, 0.4) is 0 Å². The summed E-state index contributed by atoms with van der Waals surface area (Å²) in [7, 11) is 0. The molecule has 29 heavy (non-hydrogen) atoms. The quantitative estimate of drug-likeness (QED) is 0.372. The molecule has 0 fully saturated rings. The SMILES string of the molecule is C=CCn1c(SC(C)C(=O)NCCC2=CCCCC2)nc2sc(C)c(C)c2c1=O. The van der Waals surface area contributed by atoms with Gasteiger partial charge in [-0.15, -0.1) is 17.9 Å². The third-order valence-corrected chi connectivity index (χ3v) is 7.54. The molecule has 2 aromatic rings. The van der Waals surface area contributed by atoms with Crippen LogP contribution < -0.4 is 10.9 Å². The number of nitrogens with zero attached hydrogens (tertiary/aromatic N) is 2. The van der Waals surface area contributed by atoms with E-state index in [0.29, 0.717) is 23.6 Å². The third-order valence-electron chi connectivity index (χ3n) is 5.35. The highest BCUT2D eigenvalue weighted by molar-refractivity contribution is 8.00. The van der Waals surface area contributed by atoms with E-state index in [2.05, 4.69) is 18.0 Å². The zero-order chi connectivity index (χ0) is 21.0. The second-order valence-electron chi connectivity index (χ2n) is 7.47. The topological polar surface area (TPSA) is 64.0 Å². The Balaban J connectivity index is 1.73. The largest absolute Gasteiger partial charge is 0.355 e. The van der Waals surface area contributed by atoms with E-state index in [-0.39, 0.29) is 16.7 Å². The van der Waals surface area contributed by atoms with Crippen LogP contribution in [-0.2, 0) is 11.3 Å². The first-order valence-corrected chi connectivity index (χ1v) is 11.9. The number of thioether (sulfide) groups is 1. The van der Waals surface area contributed by atoms with Crippen molar-refractivity contribution in [2.75, 3.05) is 6.54 Å². The molecule has 2 heterocycles. The van der Waals surface area contributed by atoms with Crippen LogP contribution in [0.2, 0.25) is 0 Å². The van der Waals surface area contributed by atoms with E-state index in [1.807, 2.05) is 20.8 Å². The van der Waals surface area contributed by atoms with Crippen molar-refractivity contribution in [1.82, 2.24) is 14.9 Å². The van der Waals surface area contributed by atoms with E-state index in [1.165, 1.54) is 41.5 Å². The number of nitrogens with one attached hydrogen (secondary N) is 1. The highest BCUT2D eigenvalue weighted by atomic mass is 32.2. The molecule has 3 rings (SSSR count). The van der Waals surface area contributed by atoms with Gasteiger partial charge in [0.1, 0.15) is 4.83 Å². The minimum atomic E-state index is -0.335. The molecule has 0 aromatic carbocycles. The molecule has 2 aromatic heterocycles. The standard InChI is InChI=1S/C22H29N3O2S2/c1-5-13-25-21(27)18-14(2)15(3)28-20(18)24-22(25)29-16(4)19(26)23-12-11-17-9-7-6-8-10-17/h5,9,16H,1,6-8,10-13H2,2-4H3,(H,23,26). The second-order valence-corrected chi connectivity index (χ2v) is 9.98. The van der Waals surface area contributed by atoms with Crippen LogP contribution in [0.25, 0.3) is 10.2 Å². The molecule has 5 nitrogen and oxygen atoms in total. The van der Waals surface area contributed by atoms with Crippen molar-refractivity contribution in [2.24, 2.45) is 0 Å². The maximum absolute atomic E-state index is 13.0. The summed E-state index contributed by atoms with van der Waals surface area (Å²) in [4.78, 5) is 32.2. The minimum absolute atomic E-state index is 0.0237. The molecule has 1 unspecified atom stereocenters. The first kappa shape index (κ1) is 21.8. The van der Waals surface area contributed by atoms with E-state index in [0.717, 1.165) is 34.5 Å². The van der Waals surface area contributed by atoms with Crippen molar-refractivity contribution in [3.63, 3.8) is 0 Å². The molecular weight excluding hydrogens is 402 g/mol. The van der Waals surface area contributed by atoms with Gasteiger partial charge in [0.2, 0.25) is 5.91 Å². The van der Waals surface area contributed by atoms with Crippen LogP contribution >= 0.6 is 23.1 Å². The van der Waals surface area contributed by atoms with E-state index in [1.54, 1.807) is 10.6 Å². The number of thiophene rings is 1. The number of carbonyl (C=O) groups is 1. The maximum atomic E-state index is 13.0. The number of amides is 1. The van der Waals surface area contributed by atoms with Crippen LogP contribution in [0, 0.1) is 13.8 Å². The summed E-state index contributed by atoms with van der Waals surface area (Å²) in [5.74, 6) is -0.0237. The predicted molar refractivity (Wildman–Crippen MR) is 123 cm³/mol. The number of allylic oxidation sites excluding steroid dienone is 2. The predicted octanol–water partition coefficient (Wildman–Crippen LogP) is 4.75. The zero-order valence-corrected chi connectivity index (χ0v) is 19.0. The van der Waals surface area contributed by atoms with Gasteiger partial charge < -0.3 is 5.32 Å². The van der Waals surface area contributed by atoms with Gasteiger partial charge in [0.15, 0.2) is 5.16 Å². The lowest BCUT2D eigenvalue weighted by molar-refractivity contribution is -0.120. The number of aryl methyl sites for hydroxylation is 2. The molecule has 0 saturated carbocycles. The molecule has 0 spiro atoms. The summed E-state index contributed by atoms with van der Waals surface area (Å²) in [6.45, 7) is 10.6. The van der Waals surface area contributed by atoms with Gasteiger partial charge >= 0.3 is 0 Å². The number of carbonyl (C=O) groups excluding carboxylic acids is 1. The molecule has 1 amide bonds. The van der Waals surface area contributed by atoms with Crippen molar-refractivity contribution in [3.05, 3.63) is 45.1 Å². The fourth-order valence-corrected chi connectivity index (χ4v) is 5.53. The van der Waals surface area contributed by atoms with Gasteiger partial charge in [-0.2, -0.15) is 0 Å². The summed E-state index contributed by atoms with van der Waals surface area (Å²) < 4.78 is 1.62. The minimum Gasteiger partial charge on any atom is -0.355 e. The first-order valence-electron chi connectivity index (χ1n) is 10.2. The fraction of sp³-hybridized carbons (Fsp3) is 0.500. The summed E-state index contributed by atoms with van der Waals surface area (Å²) >= 11 is 2.86. The Morgan fingerprint density at radius 1 is 1.45 bits per heavy atom. The van der Waals surface area contributed by atoms with Crippen molar-refractivity contribution in [1.29, 1.82) is 0 Å². The monoisotopic (exact) mass is 431 g/mol. The molecule has 0 radical (unpaired) electrons. The van der Waals surface area contributed by atoms with Gasteiger partial charge in [0.05, 0.1) is 10.6 Å². The molecule has 156 valence electrons. The van der Waals surface area contributed by atoms with E-state index < -0.39 is 0 Å². The number of hydrogen-bond acceptors (Lipinski definition) is 5. The number of fused-ring (bicyclic) bond motifs is 1. The summed E-state index contributed by atoms with van der Waals surface area (Å²) in [5, 5.41) is 3.95. The average Bonchev–Trinajstić information content (AvgIpc) is 2.99. The highest BCUT2D eigenvalue weighted by Gasteiger charge is 2.21. The molecule has 1 aliphatic rings. The Hall–Kier alpha value is -1.86. The normalized spacial score (nSPS) is 15.2. The molecule has 1 aliphatic carbocycles. The smallest absolute Gasteiger partial charge is 0.263 e. The van der Waals surface area contributed by atoms with E-state index in [9.17, 15) is 9.59 Å². The number of hydrogen-bond donors (Lipinski definition) is 1. The van der Waals surface area contributed by atoms with Gasteiger partial charge in [-0.1, -0.05) is 29.5 Å². The summed E-state index contributed by atoms with van der Waals surface area (Å²) in [6, 6.07) is 0. The van der Waals surface area contributed by atoms with Crippen molar-refractivity contribution in [3.8, 4) is 0 Å². The molecule has 1 atom stereocenters. The van der Waals surface area contributed by atoms with Gasteiger partial charge in [0, 0.05) is 18.0 Å². The Kier molecular flexibility index (Phi) is 7.35. The molecule has 0 saturated heterocycles. The Labute approximate surface area is 180 Å². The average molecular weight is 432 g/mol. The van der Waals surface area contributed by atoms with Crippen molar-refractivity contribution >= 4 is 39.2 Å². The van der Waals surface area contributed by atoms with Crippen LogP contribution in [0.15, 0.2) is 34.3 Å². The molecule has 7 heteroatoms. The van der Waals surface area contributed by atoms with Gasteiger partial charge in [-0.3, -0.25) is 14.2 Å². The molecule has 0 aliphatic heterocycles. The second kappa shape index (κ2) is 9.76. The Morgan fingerprint density at radius 2 is 2.24 bits per heavy atom. The van der Waals surface area contributed by atoms with Gasteiger partial charge in [-0.05, 0) is 58.4 Å². The molecule has 1 N–H and O–H groups in total. The van der Waals surface area contributed by atoms with Gasteiger partial charge in [-0.25, -0.2) is 4.98 Å². The lowest BCUT2D eigenvalue weighted by atomic mass is 9.97. The molecular formula is C22H29N3O2S2. The van der Waals surface area contributed by atoms with E-state index in [4.69, 9.17) is 4.98 Å². The maximum Gasteiger partial charge on any atom is 0.263 e. The Bertz CT molecular complexity index is 1000. The first-order chi connectivity index (χ1) is 13.9. The Morgan fingerprint density at radius 3 is 2.93 bits per heavy atom. The lowest BCUT2D eigenvalue weighted by Crippen LogP contribution is -2.33.